The number of carbonyl (C=O) groups is 1. The van der Waals surface area contributed by atoms with Crippen LogP contribution in [-0.4, -0.2) is 22.7 Å². The molecule has 190 valence electrons. The van der Waals surface area contributed by atoms with Gasteiger partial charge in [0.25, 0.3) is 0 Å². The number of para-hydroxylation sites is 1. The van der Waals surface area contributed by atoms with Crippen LogP contribution in [0.1, 0.15) is 18.1 Å². The summed E-state index contributed by atoms with van der Waals surface area (Å²) >= 11 is 3.49. The van der Waals surface area contributed by atoms with Gasteiger partial charge in [-0.05, 0) is 81.8 Å². The molecule has 0 fully saturated rings. The van der Waals surface area contributed by atoms with Crippen molar-refractivity contribution in [1.82, 2.24) is 0 Å². The van der Waals surface area contributed by atoms with Crippen molar-refractivity contribution < 1.29 is 19.4 Å². The number of aliphatic imine (C=N–C) groups is 1. The fourth-order valence-corrected chi connectivity index (χ4v) is 5.79. The molecule has 0 atom stereocenters. The third kappa shape index (κ3) is 5.79. The predicted molar refractivity (Wildman–Crippen MR) is 163 cm³/mol. The predicted octanol–water partition coefficient (Wildman–Crippen LogP) is 8.22. The number of halogens is 1. The second-order valence-electron chi connectivity index (χ2n) is 8.42. The molecule has 0 amide bonds. The first-order valence-corrected chi connectivity index (χ1v) is 14.0. The van der Waals surface area contributed by atoms with E-state index in [-0.39, 0.29) is 17.9 Å². The molecule has 1 aliphatic heterocycles. The van der Waals surface area contributed by atoms with Crippen LogP contribution >= 0.6 is 34.4 Å². The molecule has 5 rings (SSSR count). The van der Waals surface area contributed by atoms with Gasteiger partial charge in [-0.2, -0.15) is 0 Å². The fourth-order valence-electron chi connectivity index (χ4n) is 4.06. The lowest BCUT2D eigenvalue weighted by Gasteiger charge is -2.11. The maximum atomic E-state index is 12.6. The number of carbonyl (C=O) groups excluding carboxylic acids is 1. The van der Waals surface area contributed by atoms with E-state index in [1.807, 2.05) is 72.8 Å². The Labute approximate surface area is 239 Å². The van der Waals surface area contributed by atoms with Gasteiger partial charge in [-0.15, -0.1) is 0 Å². The van der Waals surface area contributed by atoms with Gasteiger partial charge in [0.2, 0.25) is 0 Å². The molecule has 1 aliphatic rings. The molecule has 4 aromatic rings. The van der Waals surface area contributed by atoms with Crippen LogP contribution in [0.4, 0.5) is 5.69 Å². The molecule has 7 heteroatoms. The largest absolute Gasteiger partial charge is 0.506 e. The second kappa shape index (κ2) is 11.9. The molecular formula is C31H24INO4S. The zero-order chi connectivity index (χ0) is 26.5. The summed E-state index contributed by atoms with van der Waals surface area (Å²) in [5.41, 5.74) is 2.76. The van der Waals surface area contributed by atoms with Crippen molar-refractivity contribution in [3.63, 3.8) is 0 Å². The molecule has 0 aromatic heterocycles. The van der Waals surface area contributed by atoms with E-state index in [0.717, 1.165) is 20.4 Å². The van der Waals surface area contributed by atoms with Gasteiger partial charge in [0.05, 0.1) is 20.8 Å². The van der Waals surface area contributed by atoms with E-state index in [9.17, 15) is 9.90 Å². The van der Waals surface area contributed by atoms with Gasteiger partial charge in [0, 0.05) is 0 Å². The number of aliphatic hydroxyl groups is 1. The number of hydrogen-bond acceptors (Lipinski definition) is 6. The van der Waals surface area contributed by atoms with Gasteiger partial charge < -0.3 is 14.6 Å². The third-order valence-electron chi connectivity index (χ3n) is 5.87. The third-order valence-corrected chi connectivity index (χ3v) is 7.74. The van der Waals surface area contributed by atoms with Gasteiger partial charge in [0.15, 0.2) is 0 Å². The number of fused-ring (bicyclic) bond motifs is 1. The molecular weight excluding hydrogens is 609 g/mol. The minimum absolute atomic E-state index is 0.0803. The molecule has 0 saturated carbocycles. The van der Waals surface area contributed by atoms with Crippen LogP contribution in [0, 0.1) is 3.57 Å². The average Bonchev–Trinajstić information content (AvgIpc) is 3.23. The smallest absolute Gasteiger partial charge is 0.344 e. The first-order valence-electron chi connectivity index (χ1n) is 12.1. The van der Waals surface area contributed by atoms with Crippen LogP contribution in [0.2, 0.25) is 0 Å². The number of aliphatic hydroxyl groups excluding tert-OH is 1. The summed E-state index contributed by atoms with van der Waals surface area (Å²) in [5.74, 6) is 0.0508. The molecule has 0 unspecified atom stereocenters. The SMILES string of the molecule is CCOC(=O)C1=C(O)/C(=C/c2ccc(OCc3cccc4ccccc34)c(I)c2)SC1=Nc1ccccc1. The van der Waals surface area contributed by atoms with E-state index in [1.165, 1.54) is 22.5 Å². The Hall–Kier alpha value is -3.56. The molecule has 0 bridgehead atoms. The Balaban J connectivity index is 1.39. The number of thioether (sulfide) groups is 1. The van der Waals surface area contributed by atoms with Crippen LogP contribution in [0.5, 0.6) is 5.75 Å². The van der Waals surface area contributed by atoms with Crippen LogP contribution in [0.15, 0.2) is 112 Å². The van der Waals surface area contributed by atoms with Crippen molar-refractivity contribution in [2.24, 2.45) is 4.99 Å². The number of nitrogens with zero attached hydrogens (tertiary/aromatic N) is 1. The van der Waals surface area contributed by atoms with Crippen LogP contribution < -0.4 is 4.74 Å². The highest BCUT2D eigenvalue weighted by molar-refractivity contribution is 14.1. The molecule has 5 nitrogen and oxygen atoms in total. The van der Waals surface area contributed by atoms with Crippen LogP contribution in [-0.2, 0) is 16.1 Å². The first-order chi connectivity index (χ1) is 18.5. The maximum absolute atomic E-state index is 12.6. The standard InChI is InChI=1S/C31H24INO4S/c1-2-36-31(35)28-29(34)27(38-30(28)33-23-12-4-3-5-13-23)18-20-15-16-26(25(32)17-20)37-19-22-11-8-10-21-9-6-7-14-24(21)22/h3-18,34H,2,19H2,1H3/b27-18-,33-30?. The zero-order valence-corrected chi connectivity index (χ0v) is 23.5. The summed E-state index contributed by atoms with van der Waals surface area (Å²) in [4.78, 5) is 17.8. The van der Waals surface area contributed by atoms with Crippen molar-refractivity contribution >= 4 is 67.9 Å². The Bertz CT molecular complexity index is 1590. The Morgan fingerprint density at radius 2 is 1.76 bits per heavy atom. The first kappa shape index (κ1) is 26.1. The van der Waals surface area contributed by atoms with E-state index < -0.39 is 5.97 Å². The van der Waals surface area contributed by atoms with Crippen LogP contribution in [0.3, 0.4) is 0 Å². The summed E-state index contributed by atoms with van der Waals surface area (Å²) in [7, 11) is 0. The summed E-state index contributed by atoms with van der Waals surface area (Å²) in [5, 5.41) is 13.7. The quantitative estimate of drug-likeness (QED) is 0.164. The van der Waals surface area contributed by atoms with E-state index in [1.54, 1.807) is 6.92 Å². The summed E-state index contributed by atoms with van der Waals surface area (Å²) in [6, 6.07) is 29.6. The Morgan fingerprint density at radius 3 is 2.55 bits per heavy atom. The number of hydrogen-bond donors (Lipinski definition) is 1. The molecule has 0 saturated heterocycles. The maximum Gasteiger partial charge on any atom is 0.344 e. The minimum atomic E-state index is -0.595. The van der Waals surface area contributed by atoms with E-state index in [2.05, 4.69) is 51.8 Å². The number of esters is 1. The van der Waals surface area contributed by atoms with Crippen molar-refractivity contribution in [2.45, 2.75) is 13.5 Å². The lowest BCUT2D eigenvalue weighted by molar-refractivity contribution is -0.138. The van der Waals surface area contributed by atoms with Crippen molar-refractivity contribution in [2.75, 3.05) is 6.61 Å². The van der Waals surface area contributed by atoms with Crippen molar-refractivity contribution in [3.8, 4) is 5.75 Å². The number of rotatable bonds is 7. The van der Waals surface area contributed by atoms with Gasteiger partial charge in [0.1, 0.15) is 28.7 Å². The Kier molecular flexibility index (Phi) is 8.14. The molecule has 1 heterocycles. The molecule has 0 aliphatic carbocycles. The normalized spacial score (nSPS) is 15.4. The highest BCUT2D eigenvalue weighted by Gasteiger charge is 2.33. The second-order valence-corrected chi connectivity index (χ2v) is 10.6. The topological polar surface area (TPSA) is 68.1 Å². The highest BCUT2D eigenvalue weighted by Crippen LogP contribution is 2.40. The lowest BCUT2D eigenvalue weighted by Crippen LogP contribution is -2.12. The van der Waals surface area contributed by atoms with Crippen LogP contribution in [0.25, 0.3) is 16.8 Å². The van der Waals surface area contributed by atoms with Crippen molar-refractivity contribution in [3.05, 3.63) is 122 Å². The average molecular weight is 634 g/mol. The molecule has 4 aromatic carbocycles. The van der Waals surface area contributed by atoms with Gasteiger partial charge in [-0.1, -0.05) is 78.5 Å². The van der Waals surface area contributed by atoms with Gasteiger partial charge in [-0.3, -0.25) is 0 Å². The summed E-state index contributed by atoms with van der Waals surface area (Å²) in [6.07, 6.45) is 1.84. The van der Waals surface area contributed by atoms with Gasteiger partial charge in [-0.25, -0.2) is 9.79 Å². The highest BCUT2D eigenvalue weighted by atomic mass is 127. The zero-order valence-electron chi connectivity index (χ0n) is 20.6. The monoisotopic (exact) mass is 633 g/mol. The fraction of sp³-hybridized carbons (Fsp3) is 0.0968. The molecule has 1 N–H and O–H groups in total. The van der Waals surface area contributed by atoms with E-state index in [0.29, 0.717) is 22.2 Å². The number of ether oxygens (including phenoxy) is 2. The van der Waals surface area contributed by atoms with E-state index >= 15 is 0 Å². The van der Waals surface area contributed by atoms with Crippen molar-refractivity contribution in [1.29, 1.82) is 0 Å². The Morgan fingerprint density at radius 1 is 1.00 bits per heavy atom. The lowest BCUT2D eigenvalue weighted by atomic mass is 10.1. The van der Waals surface area contributed by atoms with Gasteiger partial charge >= 0.3 is 5.97 Å². The molecule has 0 spiro atoms. The summed E-state index contributed by atoms with van der Waals surface area (Å²) in [6.45, 7) is 2.39. The molecule has 0 radical (unpaired) electrons. The molecule has 38 heavy (non-hydrogen) atoms. The van der Waals surface area contributed by atoms with E-state index in [4.69, 9.17) is 9.47 Å². The number of benzene rings is 4. The minimum Gasteiger partial charge on any atom is -0.506 e. The summed E-state index contributed by atoms with van der Waals surface area (Å²) < 4.78 is 12.3.